The van der Waals surface area contributed by atoms with Crippen LogP contribution in [-0.2, 0) is 5.41 Å². The van der Waals surface area contributed by atoms with Gasteiger partial charge in [-0.25, -0.2) is 9.97 Å². The molecule has 65 heavy (non-hydrogen) atoms. The highest BCUT2D eigenvalue weighted by Gasteiger charge is 2.54. The Morgan fingerprint density at radius 2 is 0.785 bits per heavy atom. The Labute approximate surface area is 376 Å². The molecule has 2 aliphatic carbocycles. The van der Waals surface area contributed by atoms with Crippen LogP contribution in [0.4, 0.5) is 0 Å². The van der Waals surface area contributed by atoms with Crippen LogP contribution >= 0.6 is 0 Å². The summed E-state index contributed by atoms with van der Waals surface area (Å²) in [6.45, 7) is 0. The molecule has 12 aromatic rings. The van der Waals surface area contributed by atoms with E-state index in [0.29, 0.717) is 5.82 Å². The van der Waals surface area contributed by atoms with E-state index in [4.69, 9.17) is 9.97 Å². The van der Waals surface area contributed by atoms with Crippen molar-refractivity contribution in [1.29, 1.82) is 0 Å². The number of rotatable bonds is 4. The van der Waals surface area contributed by atoms with Crippen molar-refractivity contribution in [2.24, 2.45) is 0 Å². The van der Waals surface area contributed by atoms with Crippen molar-refractivity contribution in [3.8, 4) is 67.3 Å². The normalized spacial score (nSPS) is 13.0. The van der Waals surface area contributed by atoms with Gasteiger partial charge in [0.1, 0.15) is 0 Å². The summed E-state index contributed by atoms with van der Waals surface area (Å²) in [5, 5.41) is 10.1. The molecule has 11 aromatic carbocycles. The summed E-state index contributed by atoms with van der Waals surface area (Å²) in [5.41, 5.74) is 17.5. The molecule has 2 aliphatic rings. The Bertz CT molecular complexity index is 3890. The zero-order valence-corrected chi connectivity index (χ0v) is 35.3. The molecule has 0 atom stereocenters. The van der Waals surface area contributed by atoms with Gasteiger partial charge in [-0.15, -0.1) is 0 Å². The highest BCUT2D eigenvalue weighted by Crippen LogP contribution is 2.67. The number of nitrogens with zero attached hydrogens (tertiary/aromatic N) is 2. The maximum Gasteiger partial charge on any atom is 0.160 e. The van der Waals surface area contributed by atoms with Gasteiger partial charge < -0.3 is 0 Å². The Morgan fingerprint density at radius 3 is 1.49 bits per heavy atom. The van der Waals surface area contributed by atoms with Crippen molar-refractivity contribution in [1.82, 2.24) is 9.97 Å². The van der Waals surface area contributed by atoms with Gasteiger partial charge in [-0.2, -0.15) is 0 Å². The lowest BCUT2D eigenvalue weighted by Crippen LogP contribution is -2.26. The largest absolute Gasteiger partial charge is 0.228 e. The minimum Gasteiger partial charge on any atom is -0.228 e. The lowest BCUT2D eigenvalue weighted by molar-refractivity contribution is 0.809. The molecule has 0 radical (unpaired) electrons. The first-order valence-corrected chi connectivity index (χ1v) is 22.5. The molecule has 2 heteroatoms. The van der Waals surface area contributed by atoms with E-state index in [1.54, 1.807) is 0 Å². The van der Waals surface area contributed by atoms with Crippen LogP contribution in [0.2, 0.25) is 0 Å². The molecule has 14 rings (SSSR count). The molecule has 0 bridgehead atoms. The Hall–Kier alpha value is -8.46. The molecule has 0 aliphatic heterocycles. The summed E-state index contributed by atoms with van der Waals surface area (Å²) < 4.78 is 0. The molecule has 1 aromatic heterocycles. The summed E-state index contributed by atoms with van der Waals surface area (Å²) in [7, 11) is 0. The Kier molecular flexibility index (Phi) is 7.64. The molecule has 2 nitrogen and oxygen atoms in total. The summed E-state index contributed by atoms with van der Waals surface area (Å²) in [6, 6.07) is 84.6. The Balaban J connectivity index is 1.01. The third-order valence-electron chi connectivity index (χ3n) is 14.2. The summed E-state index contributed by atoms with van der Waals surface area (Å²) in [6.07, 6.45) is 0. The van der Waals surface area contributed by atoms with Crippen molar-refractivity contribution in [3.05, 3.63) is 253 Å². The van der Waals surface area contributed by atoms with E-state index < -0.39 is 5.41 Å². The van der Waals surface area contributed by atoms with E-state index in [-0.39, 0.29) is 0 Å². The van der Waals surface area contributed by atoms with Gasteiger partial charge in [-0.1, -0.05) is 212 Å². The third-order valence-corrected chi connectivity index (χ3v) is 14.2. The number of hydrogen-bond acceptors (Lipinski definition) is 2. The third kappa shape index (κ3) is 5.11. The average Bonchev–Trinajstić information content (AvgIpc) is 3.86. The fourth-order valence-corrected chi connectivity index (χ4v) is 11.6. The topological polar surface area (TPSA) is 25.8 Å². The second-order valence-corrected chi connectivity index (χ2v) is 17.5. The van der Waals surface area contributed by atoms with E-state index in [9.17, 15) is 0 Å². The van der Waals surface area contributed by atoms with E-state index in [1.165, 1.54) is 98.7 Å². The molecular weight excluding hydrogens is 785 g/mol. The minimum absolute atomic E-state index is 0.518. The number of hydrogen-bond donors (Lipinski definition) is 0. The summed E-state index contributed by atoms with van der Waals surface area (Å²) in [4.78, 5) is 10.4. The summed E-state index contributed by atoms with van der Waals surface area (Å²) >= 11 is 0. The van der Waals surface area contributed by atoms with Gasteiger partial charge in [0.2, 0.25) is 0 Å². The standard InChI is InChI=1S/C63H38N2/c1-2-17-42(18-3-1)62-64-57(38-58(65-62)44-35-30-39-16-4-5-19-43(39)36-44)41-33-31-40(32-34-41)53-37-54-59-50-25-9-6-20-45(50)46-21-7-11-27-52(46)61(59)63(60(54)51-26-10-8-22-47(51)53)55-28-14-12-23-48(55)49-24-13-15-29-56(49)63/h1-38H. The van der Waals surface area contributed by atoms with Gasteiger partial charge in [0.05, 0.1) is 16.8 Å². The maximum atomic E-state index is 5.21. The van der Waals surface area contributed by atoms with Crippen molar-refractivity contribution in [2.75, 3.05) is 0 Å². The number of fused-ring (bicyclic) bond motifs is 18. The van der Waals surface area contributed by atoms with Gasteiger partial charge >= 0.3 is 0 Å². The fourth-order valence-electron chi connectivity index (χ4n) is 11.6. The van der Waals surface area contributed by atoms with Gasteiger partial charge in [0.25, 0.3) is 0 Å². The van der Waals surface area contributed by atoms with E-state index in [2.05, 4.69) is 212 Å². The zero-order chi connectivity index (χ0) is 42.6. The van der Waals surface area contributed by atoms with Crippen LogP contribution in [0.1, 0.15) is 22.3 Å². The van der Waals surface area contributed by atoms with Crippen molar-refractivity contribution >= 4 is 43.1 Å². The van der Waals surface area contributed by atoms with Crippen molar-refractivity contribution in [3.63, 3.8) is 0 Å². The van der Waals surface area contributed by atoms with Crippen molar-refractivity contribution in [2.45, 2.75) is 5.41 Å². The zero-order valence-electron chi connectivity index (χ0n) is 35.3. The molecule has 0 saturated heterocycles. The second-order valence-electron chi connectivity index (χ2n) is 17.5. The minimum atomic E-state index is -0.518. The van der Waals surface area contributed by atoms with Gasteiger partial charge in [0.15, 0.2) is 5.82 Å². The highest BCUT2D eigenvalue weighted by atomic mass is 14.9. The smallest absolute Gasteiger partial charge is 0.160 e. The van der Waals surface area contributed by atoms with Gasteiger partial charge in [0, 0.05) is 16.7 Å². The molecule has 0 amide bonds. The molecule has 0 fully saturated rings. The van der Waals surface area contributed by atoms with Crippen LogP contribution in [0.3, 0.4) is 0 Å². The second kappa shape index (κ2) is 13.8. The maximum absolute atomic E-state index is 5.21. The average molecular weight is 823 g/mol. The van der Waals surface area contributed by atoms with Crippen LogP contribution in [0.5, 0.6) is 0 Å². The molecule has 1 spiro atoms. The van der Waals surface area contributed by atoms with E-state index in [0.717, 1.165) is 28.1 Å². The molecule has 300 valence electrons. The quantitative estimate of drug-likeness (QED) is 0.165. The van der Waals surface area contributed by atoms with Gasteiger partial charge in [-0.3, -0.25) is 0 Å². The molecular formula is C63H38N2. The van der Waals surface area contributed by atoms with E-state index >= 15 is 0 Å². The molecule has 0 N–H and O–H groups in total. The van der Waals surface area contributed by atoms with Crippen LogP contribution in [0.15, 0.2) is 231 Å². The Morgan fingerprint density at radius 1 is 0.277 bits per heavy atom. The van der Waals surface area contributed by atoms with Crippen LogP contribution in [-0.4, -0.2) is 9.97 Å². The molecule has 0 saturated carbocycles. The van der Waals surface area contributed by atoms with Crippen LogP contribution in [0.25, 0.3) is 110 Å². The van der Waals surface area contributed by atoms with E-state index in [1.807, 2.05) is 18.2 Å². The lowest BCUT2D eigenvalue weighted by atomic mass is 9.68. The predicted octanol–water partition coefficient (Wildman–Crippen LogP) is 16.1. The number of aromatic nitrogens is 2. The monoisotopic (exact) mass is 822 g/mol. The molecule has 1 heterocycles. The fraction of sp³-hybridized carbons (Fsp3) is 0.0159. The predicted molar refractivity (Wildman–Crippen MR) is 270 cm³/mol. The molecule has 0 unspecified atom stereocenters. The first-order chi connectivity index (χ1) is 32.2. The SMILES string of the molecule is c1ccc(-c2nc(-c3ccc(-c4cc5c(c6ccccc46)C4(c6ccccc6-c6ccccc64)c4c-5c5ccccc5c5ccccc45)cc3)cc(-c3ccc4ccccc4c3)n2)cc1. The first-order valence-electron chi connectivity index (χ1n) is 22.5. The van der Waals surface area contributed by atoms with Crippen LogP contribution < -0.4 is 0 Å². The van der Waals surface area contributed by atoms with Crippen molar-refractivity contribution < 1.29 is 0 Å². The first kappa shape index (κ1) is 36.1. The number of benzene rings is 11. The highest BCUT2D eigenvalue weighted by molar-refractivity contribution is 6.22. The lowest BCUT2D eigenvalue weighted by Gasteiger charge is -2.33. The van der Waals surface area contributed by atoms with Gasteiger partial charge in [-0.05, 0) is 117 Å². The van der Waals surface area contributed by atoms with Crippen LogP contribution in [0, 0.1) is 0 Å². The summed E-state index contributed by atoms with van der Waals surface area (Å²) in [5.74, 6) is 0.711.